The summed E-state index contributed by atoms with van der Waals surface area (Å²) in [6, 6.07) is 115. The van der Waals surface area contributed by atoms with E-state index in [9.17, 15) is 5.26 Å². The second kappa shape index (κ2) is 20.7. The van der Waals surface area contributed by atoms with Crippen molar-refractivity contribution in [3.05, 3.63) is 321 Å². The molecule has 0 aliphatic carbocycles. The Labute approximate surface area is 534 Å². The average molecular weight is 1190 g/mol. The van der Waals surface area contributed by atoms with Crippen LogP contribution in [0.15, 0.2) is 320 Å². The number of para-hydroxylation sites is 10. The van der Waals surface area contributed by atoms with Crippen LogP contribution in [0.25, 0.3) is 177 Å². The van der Waals surface area contributed by atoms with E-state index < -0.39 is 0 Å². The van der Waals surface area contributed by atoms with Gasteiger partial charge in [-0.3, -0.25) is 0 Å². The van der Waals surface area contributed by atoms with Gasteiger partial charge in [-0.2, -0.15) is 5.26 Å². The fraction of sp³-hybridized carbons (Fsp3) is 0. The van der Waals surface area contributed by atoms with Crippen LogP contribution in [-0.4, -0.2) is 23.3 Å². The predicted octanol–water partition coefficient (Wildman–Crippen LogP) is 22.4. The minimum atomic E-state index is 0.409. The number of hydrogen-bond acceptors (Lipinski definition) is 3. The molecule has 19 aromatic rings. The molecule has 0 radical (unpaired) electrons. The van der Waals surface area contributed by atoms with Crippen molar-refractivity contribution in [2.24, 2.45) is 0 Å². The maximum Gasteiger partial charge on any atom is 0.228 e. The first-order valence-corrected chi connectivity index (χ1v) is 31.5. The molecule has 0 saturated heterocycles. The Kier molecular flexibility index (Phi) is 11.6. The number of benzene rings is 14. The highest BCUT2D eigenvalue weighted by Gasteiger charge is 2.32. The topological polar surface area (TPSA) is 69.5 Å². The van der Waals surface area contributed by atoms with Gasteiger partial charge in [0.15, 0.2) is 5.58 Å². The first kappa shape index (κ1) is 52.2. The molecule has 19 rings (SSSR count). The van der Waals surface area contributed by atoms with Crippen LogP contribution in [0.3, 0.4) is 0 Å². The van der Waals surface area contributed by atoms with Crippen LogP contribution in [-0.2, 0) is 0 Å². The van der Waals surface area contributed by atoms with Gasteiger partial charge < -0.3 is 22.7 Å². The summed E-state index contributed by atoms with van der Waals surface area (Å²) in [7, 11) is 0. The maximum absolute atomic E-state index is 12.5. The number of fused-ring (bicyclic) bond motifs is 13. The molecule has 0 N–H and O–H groups in total. The van der Waals surface area contributed by atoms with Gasteiger partial charge >= 0.3 is 0 Å². The lowest BCUT2D eigenvalue weighted by atomic mass is 9.77. The molecule has 432 valence electrons. The van der Waals surface area contributed by atoms with E-state index in [4.69, 9.17) is 9.40 Å². The zero-order valence-corrected chi connectivity index (χ0v) is 50.1. The zero-order valence-electron chi connectivity index (χ0n) is 50.1. The van der Waals surface area contributed by atoms with Crippen molar-refractivity contribution in [1.29, 1.82) is 5.26 Å². The van der Waals surface area contributed by atoms with Crippen molar-refractivity contribution in [3.8, 4) is 84.8 Å². The number of oxazole rings is 1. The number of hydrogen-bond donors (Lipinski definition) is 0. The molecule has 0 aliphatic heterocycles. The summed E-state index contributed by atoms with van der Waals surface area (Å²) in [5, 5.41) is 22.0. The van der Waals surface area contributed by atoms with E-state index in [0.717, 1.165) is 106 Å². The molecule has 0 fully saturated rings. The second-order valence-corrected chi connectivity index (χ2v) is 24.0. The third-order valence-electron chi connectivity index (χ3n) is 19.1. The van der Waals surface area contributed by atoms with Gasteiger partial charge in [0, 0.05) is 82.5 Å². The lowest BCUT2D eigenvalue weighted by Crippen LogP contribution is -2.03. The van der Waals surface area contributed by atoms with Gasteiger partial charge in [0.2, 0.25) is 5.89 Å². The summed E-state index contributed by atoms with van der Waals surface area (Å²) < 4.78 is 16.5. The molecule has 14 aromatic carbocycles. The molecule has 5 aromatic heterocycles. The van der Waals surface area contributed by atoms with Crippen molar-refractivity contribution in [2.45, 2.75) is 0 Å². The Bertz CT molecular complexity index is 6040. The minimum Gasteiger partial charge on any atom is -0.436 e. The quantitative estimate of drug-likeness (QED) is 0.145. The van der Waals surface area contributed by atoms with Crippen molar-refractivity contribution in [1.82, 2.24) is 23.3 Å². The van der Waals surface area contributed by atoms with E-state index >= 15 is 0 Å². The molecule has 0 saturated carbocycles. The first-order chi connectivity index (χ1) is 46.1. The SMILES string of the molecule is N#Cc1c(-c2ccc(-n3c4ccccc4c4ccccc43)cc2)c(-c2ccc(-n3c4ccccc4c4ccccc43)cc2)c(-c2ccc(-n3c4ccccc4c4ccccc43)cc2)c(-c2nc3ccccc3o2)c1-c1ccc(-n2c3ccccc3c3ccccc32)cc1. The average Bonchev–Trinajstić information content (AvgIpc) is 1.19. The highest BCUT2D eigenvalue weighted by atomic mass is 16.3. The van der Waals surface area contributed by atoms with Crippen LogP contribution >= 0.6 is 0 Å². The van der Waals surface area contributed by atoms with E-state index in [1.54, 1.807) is 0 Å². The summed E-state index contributed by atoms with van der Waals surface area (Å²) in [4.78, 5) is 5.43. The van der Waals surface area contributed by atoms with Gasteiger partial charge in [-0.1, -0.05) is 206 Å². The third-order valence-corrected chi connectivity index (χ3v) is 19.1. The van der Waals surface area contributed by atoms with Crippen LogP contribution in [0.1, 0.15) is 5.56 Å². The Morgan fingerprint density at radius 2 is 0.484 bits per heavy atom. The van der Waals surface area contributed by atoms with E-state index in [2.05, 4.69) is 316 Å². The van der Waals surface area contributed by atoms with Crippen molar-refractivity contribution >= 4 is 98.3 Å². The van der Waals surface area contributed by atoms with Gasteiger partial charge in [-0.25, -0.2) is 4.98 Å². The third kappa shape index (κ3) is 7.92. The first-order valence-electron chi connectivity index (χ1n) is 31.5. The highest BCUT2D eigenvalue weighted by molar-refractivity contribution is 6.14. The maximum atomic E-state index is 12.5. The standard InChI is InChI=1S/C86H52N6O/c87-53-70-81(54-37-45-58(46-38-54)89-72-28-10-1-19-62(72)63-20-2-11-29-73(63)89)83(56-41-49-60(50-42-56)91-76-32-14-5-23-66(76)67-24-6-15-33-77(67)91)84(57-43-51-61(52-44-57)92-78-34-16-7-25-68(78)69-26-8-17-35-79(69)92)85(86-88-71-27-9-18-36-80(71)93-86)82(70)55-39-47-59(48-40-55)90-74-30-12-3-21-64(74)65-22-4-13-31-75(65)90/h1-52H. The lowest BCUT2D eigenvalue weighted by Gasteiger charge is -2.25. The van der Waals surface area contributed by atoms with Crippen LogP contribution in [0, 0.1) is 11.3 Å². The summed E-state index contributed by atoms with van der Waals surface area (Å²) in [6.07, 6.45) is 0. The monoisotopic (exact) mass is 1180 g/mol. The Balaban J connectivity index is 0.920. The smallest absolute Gasteiger partial charge is 0.228 e. The number of nitriles is 1. The Hall–Kier alpha value is -12.8. The van der Waals surface area contributed by atoms with Crippen LogP contribution in [0.4, 0.5) is 0 Å². The molecule has 0 amide bonds. The van der Waals surface area contributed by atoms with E-state index in [1.807, 2.05) is 24.3 Å². The van der Waals surface area contributed by atoms with E-state index in [0.29, 0.717) is 33.7 Å². The largest absolute Gasteiger partial charge is 0.436 e. The summed E-state index contributed by atoms with van der Waals surface area (Å²) in [5.41, 5.74) is 22.4. The molecule has 0 aliphatic rings. The van der Waals surface area contributed by atoms with Crippen molar-refractivity contribution < 1.29 is 4.42 Å². The highest BCUT2D eigenvalue weighted by Crippen LogP contribution is 2.54. The Morgan fingerprint density at radius 3 is 0.763 bits per heavy atom. The summed E-state index contributed by atoms with van der Waals surface area (Å²) in [6.45, 7) is 0. The molecule has 0 atom stereocenters. The zero-order chi connectivity index (χ0) is 61.3. The van der Waals surface area contributed by atoms with Gasteiger partial charge in [-0.15, -0.1) is 0 Å². The number of aromatic nitrogens is 5. The molecule has 7 nitrogen and oxygen atoms in total. The Morgan fingerprint density at radius 1 is 0.247 bits per heavy atom. The van der Waals surface area contributed by atoms with Gasteiger partial charge in [0.05, 0.1) is 55.3 Å². The molecular formula is C86H52N6O. The number of rotatable bonds is 9. The van der Waals surface area contributed by atoms with E-state index in [-0.39, 0.29) is 0 Å². The van der Waals surface area contributed by atoms with Crippen LogP contribution in [0.5, 0.6) is 0 Å². The predicted molar refractivity (Wildman–Crippen MR) is 383 cm³/mol. The number of nitrogens with zero attached hydrogens (tertiary/aromatic N) is 6. The summed E-state index contributed by atoms with van der Waals surface area (Å²) >= 11 is 0. The van der Waals surface area contributed by atoms with Crippen LogP contribution < -0.4 is 0 Å². The minimum absolute atomic E-state index is 0.409. The van der Waals surface area contributed by atoms with Crippen LogP contribution in [0.2, 0.25) is 0 Å². The van der Waals surface area contributed by atoms with Crippen molar-refractivity contribution in [2.75, 3.05) is 0 Å². The van der Waals surface area contributed by atoms with Gasteiger partial charge in [0.25, 0.3) is 0 Å². The lowest BCUT2D eigenvalue weighted by molar-refractivity contribution is 0.620. The van der Waals surface area contributed by atoms with Crippen molar-refractivity contribution in [3.63, 3.8) is 0 Å². The molecule has 0 spiro atoms. The molecule has 7 heteroatoms. The fourth-order valence-electron chi connectivity index (χ4n) is 15.1. The molecular weight excluding hydrogens is 1130 g/mol. The molecule has 0 bridgehead atoms. The molecule has 0 unspecified atom stereocenters. The van der Waals surface area contributed by atoms with Gasteiger partial charge in [0.1, 0.15) is 11.6 Å². The second-order valence-electron chi connectivity index (χ2n) is 24.0. The van der Waals surface area contributed by atoms with Gasteiger partial charge in [-0.05, 0) is 137 Å². The molecule has 93 heavy (non-hydrogen) atoms. The fourth-order valence-corrected chi connectivity index (χ4v) is 15.1. The molecule has 5 heterocycles. The normalized spacial score (nSPS) is 11.9. The van der Waals surface area contributed by atoms with E-state index in [1.165, 1.54) is 43.1 Å². The summed E-state index contributed by atoms with van der Waals surface area (Å²) in [5.74, 6) is 0.409.